The second-order valence-electron chi connectivity index (χ2n) is 2.77. The van der Waals surface area contributed by atoms with E-state index < -0.39 is 20.9 Å². The summed E-state index contributed by atoms with van der Waals surface area (Å²) in [6.07, 6.45) is 2.37. The highest BCUT2D eigenvalue weighted by atomic mass is 32.2. The topological polar surface area (TPSA) is 137 Å². The van der Waals surface area contributed by atoms with Crippen molar-refractivity contribution in [1.82, 2.24) is 24.7 Å². The van der Waals surface area contributed by atoms with Gasteiger partial charge in [-0.2, -0.15) is 9.97 Å². The van der Waals surface area contributed by atoms with Crippen LogP contribution in [-0.2, 0) is 10.0 Å². The molecule has 0 amide bonds. The van der Waals surface area contributed by atoms with Gasteiger partial charge < -0.3 is 0 Å². The molecule has 84 valence electrons. The number of H-pyrrole nitrogens is 1. The number of rotatable bonds is 2. The van der Waals surface area contributed by atoms with Crippen molar-refractivity contribution in [2.24, 2.45) is 5.14 Å². The second kappa shape index (κ2) is 3.50. The average Bonchev–Trinajstić information content (AvgIpc) is 2.64. The van der Waals surface area contributed by atoms with Crippen LogP contribution in [0.1, 0.15) is 0 Å². The Morgan fingerprint density at radius 2 is 2.12 bits per heavy atom. The Morgan fingerprint density at radius 3 is 2.69 bits per heavy atom. The summed E-state index contributed by atoms with van der Waals surface area (Å²) in [7, 11) is -3.97. The van der Waals surface area contributed by atoms with E-state index in [2.05, 4.69) is 20.1 Å². The zero-order valence-electron chi connectivity index (χ0n) is 7.73. The number of aromatic amines is 1. The Labute approximate surface area is 89.0 Å². The van der Waals surface area contributed by atoms with Crippen molar-refractivity contribution < 1.29 is 8.42 Å². The van der Waals surface area contributed by atoms with Gasteiger partial charge in [-0.3, -0.25) is 0 Å². The molecule has 3 N–H and O–H groups in total. The van der Waals surface area contributed by atoms with Crippen LogP contribution in [0, 0.1) is 0 Å². The average molecular weight is 242 g/mol. The third-order valence-electron chi connectivity index (χ3n) is 1.63. The molecule has 2 rings (SSSR count). The standard InChI is InChI=1S/C6H6N6O3S/c7-16(14,15)6-8-2-1-4(10-6)12-3-9-5(13)11-12/h1-3H,(H,11,13)(H2,7,14,15). The number of hydrogen-bond donors (Lipinski definition) is 2. The summed E-state index contributed by atoms with van der Waals surface area (Å²) in [5.41, 5.74) is -0.573. The van der Waals surface area contributed by atoms with E-state index in [1.54, 1.807) is 0 Å². The van der Waals surface area contributed by atoms with Crippen LogP contribution in [0.15, 0.2) is 28.5 Å². The first kappa shape index (κ1) is 10.4. The Balaban J connectivity index is 2.56. The first-order valence-electron chi connectivity index (χ1n) is 3.97. The minimum Gasteiger partial charge on any atom is -0.244 e. The molecule has 10 heteroatoms. The normalized spacial score (nSPS) is 11.6. The number of primary sulfonamides is 1. The molecular formula is C6H6N6O3S. The highest BCUT2D eigenvalue weighted by Gasteiger charge is 2.12. The lowest BCUT2D eigenvalue weighted by molar-refractivity contribution is 0.587. The SMILES string of the molecule is NS(=O)(=O)c1nccc(-n2cnc(=O)[nH]2)n1. The molecule has 0 saturated heterocycles. The van der Waals surface area contributed by atoms with Gasteiger partial charge in [-0.1, -0.05) is 0 Å². The molecule has 2 aromatic heterocycles. The fraction of sp³-hybridized carbons (Fsp3) is 0. The van der Waals surface area contributed by atoms with Gasteiger partial charge >= 0.3 is 5.69 Å². The van der Waals surface area contributed by atoms with E-state index in [1.165, 1.54) is 12.3 Å². The molecule has 0 saturated carbocycles. The Hall–Kier alpha value is -2.07. The first-order chi connectivity index (χ1) is 7.47. The van der Waals surface area contributed by atoms with Gasteiger partial charge in [0.1, 0.15) is 6.33 Å². The fourth-order valence-electron chi connectivity index (χ4n) is 0.990. The lowest BCUT2D eigenvalue weighted by Crippen LogP contribution is -2.17. The summed E-state index contributed by atoms with van der Waals surface area (Å²) in [5, 5.41) is 6.63. The smallest absolute Gasteiger partial charge is 0.244 e. The predicted molar refractivity (Wildman–Crippen MR) is 51.1 cm³/mol. The Bertz CT molecular complexity index is 671. The van der Waals surface area contributed by atoms with Gasteiger partial charge in [0.05, 0.1) is 0 Å². The van der Waals surface area contributed by atoms with Gasteiger partial charge in [0.2, 0.25) is 0 Å². The van der Waals surface area contributed by atoms with Crippen molar-refractivity contribution in [1.29, 1.82) is 0 Å². The van der Waals surface area contributed by atoms with Gasteiger partial charge in [0.25, 0.3) is 15.2 Å². The van der Waals surface area contributed by atoms with E-state index in [0.29, 0.717) is 0 Å². The summed E-state index contributed by atoms with van der Waals surface area (Å²) < 4.78 is 23.1. The summed E-state index contributed by atoms with van der Waals surface area (Å²) in [5.74, 6) is 0.147. The molecule has 0 bridgehead atoms. The summed E-state index contributed by atoms with van der Waals surface area (Å²) in [4.78, 5) is 21.3. The van der Waals surface area contributed by atoms with Crippen LogP contribution in [-0.4, -0.2) is 33.2 Å². The monoisotopic (exact) mass is 242 g/mol. The van der Waals surface area contributed by atoms with Gasteiger partial charge in [-0.05, 0) is 0 Å². The van der Waals surface area contributed by atoms with Crippen LogP contribution < -0.4 is 10.8 Å². The lowest BCUT2D eigenvalue weighted by Gasteiger charge is -2.01. The van der Waals surface area contributed by atoms with Crippen LogP contribution in [0.2, 0.25) is 0 Å². The van der Waals surface area contributed by atoms with Crippen molar-refractivity contribution in [3.05, 3.63) is 29.1 Å². The van der Waals surface area contributed by atoms with Crippen LogP contribution in [0.25, 0.3) is 5.82 Å². The summed E-state index contributed by atoms with van der Waals surface area (Å²) in [6.45, 7) is 0. The lowest BCUT2D eigenvalue weighted by atomic mass is 10.6. The number of hydrogen-bond acceptors (Lipinski definition) is 6. The zero-order valence-corrected chi connectivity index (χ0v) is 8.55. The van der Waals surface area contributed by atoms with Crippen LogP contribution >= 0.6 is 0 Å². The van der Waals surface area contributed by atoms with E-state index in [4.69, 9.17) is 5.14 Å². The third-order valence-corrected chi connectivity index (χ3v) is 2.33. The molecule has 0 fully saturated rings. The van der Waals surface area contributed by atoms with Crippen LogP contribution in [0.4, 0.5) is 0 Å². The Kier molecular flexibility index (Phi) is 2.29. The van der Waals surface area contributed by atoms with Crippen molar-refractivity contribution >= 4 is 10.0 Å². The molecule has 9 nitrogen and oxygen atoms in total. The number of aromatic nitrogens is 5. The molecule has 0 aliphatic rings. The van der Waals surface area contributed by atoms with E-state index in [9.17, 15) is 13.2 Å². The van der Waals surface area contributed by atoms with E-state index in [0.717, 1.165) is 11.0 Å². The maximum absolute atomic E-state index is 11.0. The number of nitrogens with two attached hydrogens (primary N) is 1. The Morgan fingerprint density at radius 1 is 1.38 bits per heavy atom. The highest BCUT2D eigenvalue weighted by molar-refractivity contribution is 7.89. The molecule has 0 aliphatic carbocycles. The molecule has 0 spiro atoms. The molecule has 0 unspecified atom stereocenters. The molecule has 2 heterocycles. The maximum atomic E-state index is 11.0. The van der Waals surface area contributed by atoms with E-state index in [-0.39, 0.29) is 5.82 Å². The van der Waals surface area contributed by atoms with Crippen molar-refractivity contribution in [2.45, 2.75) is 5.16 Å². The molecular weight excluding hydrogens is 236 g/mol. The first-order valence-corrected chi connectivity index (χ1v) is 5.51. The summed E-state index contributed by atoms with van der Waals surface area (Å²) >= 11 is 0. The number of sulfonamides is 1. The minimum absolute atomic E-state index is 0.147. The van der Waals surface area contributed by atoms with Crippen LogP contribution in [0.3, 0.4) is 0 Å². The van der Waals surface area contributed by atoms with Gasteiger partial charge in [-0.15, -0.1) is 0 Å². The quantitative estimate of drug-likeness (QED) is 0.584. The minimum atomic E-state index is -3.97. The second-order valence-corrected chi connectivity index (χ2v) is 4.23. The van der Waals surface area contributed by atoms with Gasteiger partial charge in [0.15, 0.2) is 5.82 Å². The van der Waals surface area contributed by atoms with Crippen LogP contribution in [0.5, 0.6) is 0 Å². The molecule has 0 radical (unpaired) electrons. The van der Waals surface area contributed by atoms with E-state index >= 15 is 0 Å². The fourth-order valence-corrected chi connectivity index (χ4v) is 1.42. The van der Waals surface area contributed by atoms with Gasteiger partial charge in [0, 0.05) is 12.3 Å². The van der Waals surface area contributed by atoms with E-state index in [1.807, 2.05) is 0 Å². The molecule has 0 aliphatic heterocycles. The van der Waals surface area contributed by atoms with Crippen molar-refractivity contribution in [3.8, 4) is 5.82 Å². The summed E-state index contributed by atoms with van der Waals surface area (Å²) in [6, 6.07) is 1.40. The number of nitrogens with one attached hydrogen (secondary N) is 1. The highest BCUT2D eigenvalue weighted by Crippen LogP contribution is 2.02. The number of nitrogens with zero attached hydrogens (tertiary/aromatic N) is 4. The van der Waals surface area contributed by atoms with Crippen molar-refractivity contribution in [2.75, 3.05) is 0 Å². The molecule has 16 heavy (non-hydrogen) atoms. The molecule has 2 aromatic rings. The zero-order chi connectivity index (χ0) is 11.8. The largest absolute Gasteiger partial charge is 0.361 e. The third kappa shape index (κ3) is 1.97. The van der Waals surface area contributed by atoms with Gasteiger partial charge in [-0.25, -0.2) is 33.1 Å². The molecule has 0 aromatic carbocycles. The maximum Gasteiger partial charge on any atom is 0.361 e. The van der Waals surface area contributed by atoms with Crippen molar-refractivity contribution in [3.63, 3.8) is 0 Å². The molecule has 0 atom stereocenters. The predicted octanol–water partition coefficient (Wildman–Crippen LogP) is -2.00.